The molecule has 0 atom stereocenters. The number of nitrogens with zero attached hydrogens (tertiary/aromatic N) is 1. The zero-order chi connectivity index (χ0) is 42.6. The summed E-state index contributed by atoms with van der Waals surface area (Å²) in [7, 11) is 0. The van der Waals surface area contributed by atoms with Crippen molar-refractivity contribution in [3.8, 4) is 33.4 Å². The van der Waals surface area contributed by atoms with Crippen LogP contribution in [0.1, 0.15) is 47.2 Å². The van der Waals surface area contributed by atoms with Crippen LogP contribution in [0.25, 0.3) is 66.1 Å². The molecule has 0 amide bonds. The van der Waals surface area contributed by atoms with Gasteiger partial charge in [0.25, 0.3) is 0 Å². The molecule has 0 spiro atoms. The normalized spacial score (nSPS) is 14.0. The van der Waals surface area contributed by atoms with Gasteiger partial charge in [-0.05, 0) is 114 Å². The molecule has 2 aliphatic carbocycles. The summed E-state index contributed by atoms with van der Waals surface area (Å²) in [5, 5.41) is 4.72. The Labute approximate surface area is 373 Å². The van der Waals surface area contributed by atoms with Crippen molar-refractivity contribution in [3.05, 3.63) is 258 Å². The molecule has 0 saturated carbocycles. The lowest BCUT2D eigenvalue weighted by atomic mass is 9.66. The standard InChI is InChI=1S/C62H43NO/c1-61(2)56-38-43(62(42-18-4-3-5-19-42)54-26-11-8-21-48(54)49-22-9-12-27-55(49)62)32-36-50(56)51-37-35-45(39-57(51)61)63(58-28-15-25-53-52-23-10-13-29-59(52)64-60(53)58)44-33-30-41(31-34-44)47-24-14-17-40-16-6-7-20-46(40)47/h3-39H,1-2H3. The van der Waals surface area contributed by atoms with Crippen LogP contribution in [0.3, 0.4) is 0 Å². The average Bonchev–Trinajstić information content (AvgIpc) is 3.96. The van der Waals surface area contributed by atoms with Gasteiger partial charge >= 0.3 is 0 Å². The van der Waals surface area contributed by atoms with Gasteiger partial charge in [0.1, 0.15) is 5.58 Å². The third-order valence-electron chi connectivity index (χ3n) is 14.4. The summed E-state index contributed by atoms with van der Waals surface area (Å²) in [4.78, 5) is 2.39. The van der Waals surface area contributed by atoms with Crippen LogP contribution in [0.15, 0.2) is 229 Å². The first-order valence-corrected chi connectivity index (χ1v) is 22.3. The number of rotatable bonds is 6. The SMILES string of the molecule is CC1(C)c2cc(N(c3ccc(-c4cccc5ccccc45)cc3)c3cccc4c3oc3ccccc34)ccc2-c2ccc(C3(c4ccccc4)c4ccccc4-c4ccccc43)cc21. The second kappa shape index (κ2) is 13.8. The molecule has 0 unspecified atom stereocenters. The van der Waals surface area contributed by atoms with Gasteiger partial charge in [0, 0.05) is 27.6 Å². The van der Waals surface area contributed by atoms with Crippen LogP contribution in [-0.4, -0.2) is 0 Å². The summed E-state index contributed by atoms with van der Waals surface area (Å²) in [6, 6.07) is 82.7. The molecule has 0 bridgehead atoms. The van der Waals surface area contributed by atoms with E-state index in [4.69, 9.17) is 4.42 Å². The van der Waals surface area contributed by atoms with E-state index in [2.05, 4.69) is 237 Å². The van der Waals surface area contributed by atoms with E-state index in [-0.39, 0.29) is 5.41 Å². The lowest BCUT2D eigenvalue weighted by Gasteiger charge is -2.35. The molecule has 1 heterocycles. The Balaban J connectivity index is 0.978. The number of benzene rings is 10. The second-order valence-electron chi connectivity index (χ2n) is 18.0. The lowest BCUT2D eigenvalue weighted by molar-refractivity contribution is 0.655. The summed E-state index contributed by atoms with van der Waals surface area (Å²) >= 11 is 0. The Kier molecular flexibility index (Phi) is 7.90. The van der Waals surface area contributed by atoms with E-state index >= 15 is 0 Å². The third-order valence-corrected chi connectivity index (χ3v) is 14.4. The molecule has 64 heavy (non-hydrogen) atoms. The molecule has 13 rings (SSSR count). The van der Waals surface area contributed by atoms with E-state index in [1.165, 1.54) is 77.5 Å². The summed E-state index contributed by atoms with van der Waals surface area (Å²) in [6.45, 7) is 4.81. The van der Waals surface area contributed by atoms with Crippen molar-refractivity contribution in [1.82, 2.24) is 0 Å². The number of fused-ring (bicyclic) bond motifs is 10. The molecular weight excluding hydrogens is 775 g/mol. The minimum absolute atomic E-state index is 0.290. The number of furan rings is 1. The molecule has 0 fully saturated rings. The first kappa shape index (κ1) is 36.7. The molecular formula is C62H43NO. The summed E-state index contributed by atoms with van der Waals surface area (Å²) in [6.07, 6.45) is 0. The maximum atomic E-state index is 6.75. The van der Waals surface area contributed by atoms with Crippen LogP contribution >= 0.6 is 0 Å². The Hall–Kier alpha value is -7.94. The maximum Gasteiger partial charge on any atom is 0.159 e. The first-order chi connectivity index (χ1) is 31.5. The monoisotopic (exact) mass is 817 g/mol. The molecule has 2 heteroatoms. The zero-order valence-corrected chi connectivity index (χ0v) is 35.7. The van der Waals surface area contributed by atoms with Crippen molar-refractivity contribution in [2.45, 2.75) is 24.7 Å². The number of hydrogen-bond donors (Lipinski definition) is 0. The van der Waals surface area contributed by atoms with E-state index in [9.17, 15) is 0 Å². The van der Waals surface area contributed by atoms with Gasteiger partial charge in [-0.3, -0.25) is 0 Å². The van der Waals surface area contributed by atoms with Crippen LogP contribution in [0, 0.1) is 0 Å². The molecule has 2 aliphatic rings. The Bertz CT molecular complexity index is 3600. The summed E-state index contributed by atoms with van der Waals surface area (Å²) in [5.41, 5.74) is 19.7. The average molecular weight is 818 g/mol. The van der Waals surface area contributed by atoms with Gasteiger partial charge in [-0.2, -0.15) is 0 Å². The Morgan fingerprint density at radius 3 is 1.72 bits per heavy atom. The highest BCUT2D eigenvalue weighted by atomic mass is 16.3. The highest BCUT2D eigenvalue weighted by molar-refractivity contribution is 6.10. The zero-order valence-electron chi connectivity index (χ0n) is 35.7. The fourth-order valence-corrected chi connectivity index (χ4v) is 11.4. The molecule has 0 saturated heterocycles. The van der Waals surface area contributed by atoms with Gasteiger partial charge in [-0.1, -0.05) is 202 Å². The topological polar surface area (TPSA) is 16.4 Å². The van der Waals surface area contributed by atoms with Crippen molar-refractivity contribution in [3.63, 3.8) is 0 Å². The molecule has 10 aromatic carbocycles. The van der Waals surface area contributed by atoms with Crippen LogP contribution in [-0.2, 0) is 10.8 Å². The summed E-state index contributed by atoms with van der Waals surface area (Å²) < 4.78 is 6.75. The molecule has 0 N–H and O–H groups in total. The van der Waals surface area contributed by atoms with Crippen molar-refractivity contribution < 1.29 is 4.42 Å². The third kappa shape index (κ3) is 5.14. The lowest BCUT2D eigenvalue weighted by Crippen LogP contribution is -2.29. The molecule has 0 radical (unpaired) electrons. The van der Waals surface area contributed by atoms with E-state index in [0.717, 1.165) is 39.0 Å². The molecule has 302 valence electrons. The van der Waals surface area contributed by atoms with Gasteiger partial charge in [0.15, 0.2) is 5.58 Å². The highest BCUT2D eigenvalue weighted by Crippen LogP contribution is 2.58. The highest BCUT2D eigenvalue weighted by Gasteiger charge is 2.47. The smallest absolute Gasteiger partial charge is 0.159 e. The van der Waals surface area contributed by atoms with Crippen molar-refractivity contribution in [2.24, 2.45) is 0 Å². The number of para-hydroxylation sites is 2. The maximum absolute atomic E-state index is 6.75. The van der Waals surface area contributed by atoms with Crippen LogP contribution in [0.2, 0.25) is 0 Å². The van der Waals surface area contributed by atoms with E-state index < -0.39 is 5.41 Å². The largest absolute Gasteiger partial charge is 0.454 e. The summed E-state index contributed by atoms with van der Waals surface area (Å²) in [5.74, 6) is 0. The fourth-order valence-electron chi connectivity index (χ4n) is 11.4. The predicted octanol–water partition coefficient (Wildman–Crippen LogP) is 16.5. The molecule has 2 nitrogen and oxygen atoms in total. The Morgan fingerprint density at radius 1 is 0.375 bits per heavy atom. The quantitative estimate of drug-likeness (QED) is 0.166. The van der Waals surface area contributed by atoms with E-state index in [1.54, 1.807) is 0 Å². The van der Waals surface area contributed by atoms with E-state index in [0.29, 0.717) is 0 Å². The fraction of sp³-hybridized carbons (Fsp3) is 0.0645. The van der Waals surface area contributed by atoms with Crippen LogP contribution in [0.4, 0.5) is 17.1 Å². The number of anilines is 3. The molecule has 1 aromatic heterocycles. The van der Waals surface area contributed by atoms with Gasteiger partial charge in [0.2, 0.25) is 0 Å². The Morgan fingerprint density at radius 2 is 0.938 bits per heavy atom. The molecule has 0 aliphatic heterocycles. The van der Waals surface area contributed by atoms with Crippen LogP contribution in [0.5, 0.6) is 0 Å². The minimum Gasteiger partial charge on any atom is -0.454 e. The van der Waals surface area contributed by atoms with Crippen molar-refractivity contribution in [1.29, 1.82) is 0 Å². The predicted molar refractivity (Wildman–Crippen MR) is 266 cm³/mol. The van der Waals surface area contributed by atoms with Gasteiger partial charge in [-0.25, -0.2) is 0 Å². The minimum atomic E-state index is -0.459. The number of hydrogen-bond acceptors (Lipinski definition) is 2. The first-order valence-electron chi connectivity index (χ1n) is 22.3. The van der Waals surface area contributed by atoms with Gasteiger partial charge in [0.05, 0.1) is 11.1 Å². The van der Waals surface area contributed by atoms with Crippen LogP contribution < -0.4 is 4.90 Å². The molecule has 11 aromatic rings. The second-order valence-corrected chi connectivity index (χ2v) is 18.0. The van der Waals surface area contributed by atoms with Crippen molar-refractivity contribution in [2.75, 3.05) is 4.90 Å². The van der Waals surface area contributed by atoms with Gasteiger partial charge in [-0.15, -0.1) is 0 Å². The van der Waals surface area contributed by atoms with Crippen molar-refractivity contribution >= 4 is 49.8 Å². The van der Waals surface area contributed by atoms with Gasteiger partial charge < -0.3 is 9.32 Å². The van der Waals surface area contributed by atoms with E-state index in [1.807, 2.05) is 6.07 Å².